The Labute approximate surface area is 92.6 Å². The van der Waals surface area contributed by atoms with E-state index < -0.39 is 0 Å². The molecule has 4 heteroatoms. The Balaban J connectivity index is 2.40. The molecule has 1 atom stereocenters. The van der Waals surface area contributed by atoms with E-state index in [1.807, 2.05) is 19.0 Å². The molecule has 1 heterocycles. The van der Waals surface area contributed by atoms with Crippen LogP contribution in [0.15, 0.2) is 0 Å². The van der Waals surface area contributed by atoms with E-state index in [2.05, 4.69) is 17.1 Å². The minimum Gasteiger partial charge on any atom is -0.344 e. The van der Waals surface area contributed by atoms with Crippen molar-refractivity contribution in [2.45, 2.75) is 25.8 Å². The molecule has 0 spiro atoms. The number of hydrogen-bond acceptors (Lipinski definition) is 3. The zero-order valence-corrected chi connectivity index (χ0v) is 10.1. The second-order valence-electron chi connectivity index (χ2n) is 4.37. The van der Waals surface area contributed by atoms with Crippen molar-refractivity contribution in [1.82, 2.24) is 15.1 Å². The fraction of sp³-hybridized carbons (Fsp3) is 0.909. The molecular formula is C11H23N3O. The number of carbonyl (C=O) groups excluding carboxylic acids is 1. The molecule has 0 radical (unpaired) electrons. The van der Waals surface area contributed by atoms with Crippen molar-refractivity contribution in [2.24, 2.45) is 0 Å². The summed E-state index contributed by atoms with van der Waals surface area (Å²) in [6.45, 7) is 6.11. The van der Waals surface area contributed by atoms with Crippen LogP contribution >= 0.6 is 0 Å². The van der Waals surface area contributed by atoms with Gasteiger partial charge in [0.25, 0.3) is 0 Å². The SMILES string of the molecule is CNCCCN1CCC(=O)N(C)CC1C. The molecule has 1 rings (SSSR count). The first-order valence-corrected chi connectivity index (χ1v) is 5.77. The van der Waals surface area contributed by atoms with Crippen LogP contribution in [0.2, 0.25) is 0 Å². The number of nitrogens with zero attached hydrogens (tertiary/aromatic N) is 2. The lowest BCUT2D eigenvalue weighted by Crippen LogP contribution is -2.39. The van der Waals surface area contributed by atoms with Gasteiger partial charge in [-0.15, -0.1) is 0 Å². The average molecular weight is 213 g/mol. The molecule has 1 fully saturated rings. The summed E-state index contributed by atoms with van der Waals surface area (Å²) in [6, 6.07) is 0.485. The standard InChI is InChI=1S/C11H23N3O/c1-10-9-13(3)11(15)5-8-14(10)7-4-6-12-2/h10,12H,4-9H2,1-3H3. The van der Waals surface area contributed by atoms with E-state index in [1.165, 1.54) is 0 Å². The van der Waals surface area contributed by atoms with Gasteiger partial charge in [0.05, 0.1) is 0 Å². The first kappa shape index (κ1) is 12.5. The highest BCUT2D eigenvalue weighted by Gasteiger charge is 2.22. The Morgan fingerprint density at radius 3 is 2.93 bits per heavy atom. The van der Waals surface area contributed by atoms with Crippen LogP contribution in [0.3, 0.4) is 0 Å². The third-order valence-electron chi connectivity index (χ3n) is 3.07. The van der Waals surface area contributed by atoms with Crippen LogP contribution in [-0.2, 0) is 4.79 Å². The molecule has 0 aromatic carbocycles. The molecule has 0 bridgehead atoms. The van der Waals surface area contributed by atoms with Crippen molar-refractivity contribution in [2.75, 3.05) is 40.3 Å². The van der Waals surface area contributed by atoms with E-state index >= 15 is 0 Å². The number of hydrogen-bond donors (Lipinski definition) is 1. The highest BCUT2D eigenvalue weighted by atomic mass is 16.2. The summed E-state index contributed by atoms with van der Waals surface area (Å²) >= 11 is 0. The van der Waals surface area contributed by atoms with Gasteiger partial charge in [0.1, 0.15) is 0 Å². The van der Waals surface area contributed by atoms with E-state index in [1.54, 1.807) is 0 Å². The Hall–Kier alpha value is -0.610. The fourth-order valence-electron chi connectivity index (χ4n) is 2.06. The molecule has 0 aromatic heterocycles. The van der Waals surface area contributed by atoms with Crippen molar-refractivity contribution in [3.63, 3.8) is 0 Å². The molecule has 1 amide bonds. The minimum absolute atomic E-state index is 0.276. The second-order valence-corrected chi connectivity index (χ2v) is 4.37. The third-order valence-corrected chi connectivity index (χ3v) is 3.07. The molecule has 4 nitrogen and oxygen atoms in total. The number of carbonyl (C=O) groups is 1. The summed E-state index contributed by atoms with van der Waals surface area (Å²) in [6.07, 6.45) is 1.82. The largest absolute Gasteiger partial charge is 0.344 e. The zero-order chi connectivity index (χ0) is 11.3. The molecule has 0 saturated carbocycles. The third kappa shape index (κ3) is 3.80. The summed E-state index contributed by atoms with van der Waals surface area (Å²) in [7, 11) is 3.87. The van der Waals surface area contributed by atoms with Gasteiger partial charge in [-0.05, 0) is 33.5 Å². The molecular weight excluding hydrogens is 190 g/mol. The zero-order valence-electron chi connectivity index (χ0n) is 10.1. The maximum atomic E-state index is 11.5. The van der Waals surface area contributed by atoms with Gasteiger partial charge in [0.15, 0.2) is 0 Å². The Morgan fingerprint density at radius 2 is 2.27 bits per heavy atom. The van der Waals surface area contributed by atoms with Gasteiger partial charge >= 0.3 is 0 Å². The predicted molar refractivity (Wildman–Crippen MR) is 61.8 cm³/mol. The lowest BCUT2D eigenvalue weighted by atomic mass is 10.2. The van der Waals surface area contributed by atoms with Crippen LogP contribution in [0.1, 0.15) is 19.8 Å². The lowest BCUT2D eigenvalue weighted by Gasteiger charge is -2.27. The molecule has 0 aromatic rings. The van der Waals surface area contributed by atoms with Crippen LogP contribution in [-0.4, -0.2) is 62.0 Å². The normalized spacial score (nSPS) is 24.3. The summed E-state index contributed by atoms with van der Waals surface area (Å²) in [4.78, 5) is 15.8. The van der Waals surface area contributed by atoms with Gasteiger partial charge < -0.3 is 10.2 Å². The predicted octanol–water partition coefficient (Wildman–Crippen LogP) is 0.149. The second kappa shape index (κ2) is 6.08. The summed E-state index contributed by atoms with van der Waals surface area (Å²) < 4.78 is 0. The maximum absolute atomic E-state index is 11.5. The van der Waals surface area contributed by atoms with Crippen LogP contribution in [0, 0.1) is 0 Å². The highest BCUT2D eigenvalue weighted by Crippen LogP contribution is 2.09. The Kier molecular flexibility index (Phi) is 5.05. The molecule has 0 aliphatic carbocycles. The van der Waals surface area contributed by atoms with Gasteiger partial charge in [0, 0.05) is 32.6 Å². The van der Waals surface area contributed by atoms with Gasteiger partial charge in [-0.3, -0.25) is 9.69 Å². The first-order chi connectivity index (χ1) is 7.15. The topological polar surface area (TPSA) is 35.6 Å². The molecule has 1 saturated heterocycles. The van der Waals surface area contributed by atoms with Crippen LogP contribution in [0.25, 0.3) is 0 Å². The van der Waals surface area contributed by atoms with E-state index in [0.717, 1.165) is 32.6 Å². The molecule has 1 unspecified atom stereocenters. The smallest absolute Gasteiger partial charge is 0.223 e. The fourth-order valence-corrected chi connectivity index (χ4v) is 2.06. The highest BCUT2D eigenvalue weighted by molar-refractivity contribution is 5.76. The van der Waals surface area contributed by atoms with Crippen molar-refractivity contribution in [3.05, 3.63) is 0 Å². The van der Waals surface area contributed by atoms with E-state index in [9.17, 15) is 4.79 Å². The van der Waals surface area contributed by atoms with E-state index in [0.29, 0.717) is 12.5 Å². The quantitative estimate of drug-likeness (QED) is 0.675. The van der Waals surface area contributed by atoms with Gasteiger partial charge in [0.2, 0.25) is 5.91 Å². The van der Waals surface area contributed by atoms with Crippen molar-refractivity contribution in [1.29, 1.82) is 0 Å². The van der Waals surface area contributed by atoms with Gasteiger partial charge in [-0.25, -0.2) is 0 Å². The van der Waals surface area contributed by atoms with Crippen molar-refractivity contribution < 1.29 is 4.79 Å². The Morgan fingerprint density at radius 1 is 1.53 bits per heavy atom. The van der Waals surface area contributed by atoms with Crippen LogP contribution in [0.5, 0.6) is 0 Å². The maximum Gasteiger partial charge on any atom is 0.223 e. The van der Waals surface area contributed by atoms with Gasteiger partial charge in [-0.1, -0.05) is 0 Å². The summed E-state index contributed by atoms with van der Waals surface area (Å²) in [5, 5.41) is 3.15. The van der Waals surface area contributed by atoms with Crippen molar-refractivity contribution in [3.8, 4) is 0 Å². The summed E-state index contributed by atoms with van der Waals surface area (Å²) in [5.41, 5.74) is 0. The van der Waals surface area contributed by atoms with Crippen LogP contribution < -0.4 is 5.32 Å². The molecule has 1 aliphatic heterocycles. The number of nitrogens with one attached hydrogen (secondary N) is 1. The van der Waals surface area contributed by atoms with E-state index in [-0.39, 0.29) is 5.91 Å². The monoisotopic (exact) mass is 213 g/mol. The molecule has 1 aliphatic rings. The van der Waals surface area contributed by atoms with Gasteiger partial charge in [-0.2, -0.15) is 0 Å². The minimum atomic E-state index is 0.276. The van der Waals surface area contributed by atoms with Crippen molar-refractivity contribution >= 4 is 5.91 Å². The number of rotatable bonds is 4. The number of amides is 1. The first-order valence-electron chi connectivity index (χ1n) is 5.77. The Bertz CT molecular complexity index is 208. The lowest BCUT2D eigenvalue weighted by molar-refractivity contribution is -0.129. The molecule has 88 valence electrons. The number of likely N-dealkylation sites (N-methyl/N-ethyl adjacent to an activating group) is 1. The summed E-state index contributed by atoms with van der Waals surface area (Å²) in [5.74, 6) is 0.276. The molecule has 15 heavy (non-hydrogen) atoms. The van der Waals surface area contributed by atoms with Crippen LogP contribution in [0.4, 0.5) is 0 Å². The average Bonchev–Trinajstić information content (AvgIpc) is 2.32. The van der Waals surface area contributed by atoms with E-state index in [4.69, 9.17) is 0 Å². The molecule has 1 N–H and O–H groups in total.